The number of hydrogen-bond acceptors (Lipinski definition) is 8. The summed E-state index contributed by atoms with van der Waals surface area (Å²) < 4.78 is 0. The van der Waals surface area contributed by atoms with Gasteiger partial charge in [-0.2, -0.15) is 0 Å². The molecule has 160 valence electrons. The van der Waals surface area contributed by atoms with Crippen molar-refractivity contribution in [3.63, 3.8) is 0 Å². The first-order valence-corrected chi connectivity index (χ1v) is 7.03. The molecule has 0 aromatic heterocycles. The minimum absolute atomic E-state index is 0.0932. The molecule has 3 amide bonds. The molecule has 0 spiro atoms. The summed E-state index contributed by atoms with van der Waals surface area (Å²) in [4.78, 5) is 83.0. The number of aliphatic imine (C=N–C) groups is 1. The number of fused-ring (bicyclic) bond motifs is 1. The molecule has 0 aromatic rings. The third-order valence-electron chi connectivity index (χ3n) is 4.04. The van der Waals surface area contributed by atoms with Gasteiger partial charge in [-0.1, -0.05) is 0 Å². The Morgan fingerprint density at radius 2 is 1.23 bits per heavy atom. The van der Waals surface area contributed by atoms with Crippen molar-refractivity contribution in [2.75, 3.05) is 0 Å². The lowest BCUT2D eigenvalue weighted by atomic mass is 9.92. The summed E-state index contributed by atoms with van der Waals surface area (Å²) in [6.45, 7) is 0. The Labute approximate surface area is 161 Å². The molecule has 0 aromatic carbocycles. The second kappa shape index (κ2) is 6.32. The predicted octanol–water partition coefficient (Wildman–Crippen LogP) is -2.08. The number of amidine groups is 1. The van der Waals surface area contributed by atoms with Crippen molar-refractivity contribution in [1.82, 2.24) is 14.7 Å². The Balaban J connectivity index is 3.19. The first-order valence-electron chi connectivity index (χ1n) is 7.03. The van der Waals surface area contributed by atoms with Crippen molar-refractivity contribution < 1.29 is 69.3 Å². The van der Waals surface area contributed by atoms with E-state index in [2.05, 4.69) is 4.99 Å². The lowest BCUT2D eigenvalue weighted by Crippen LogP contribution is -2.83. The van der Waals surface area contributed by atoms with E-state index in [0.717, 1.165) is 0 Å². The number of aliphatic carboxylic acids is 4. The first-order chi connectivity index (χ1) is 13.7. The van der Waals surface area contributed by atoms with Gasteiger partial charge in [0.2, 0.25) is 5.84 Å². The number of nitrogens with zero attached hydrogens (tertiary/aromatic N) is 4. The standard InChI is InChI=1S/C12H8N4O14/c17-4(18)3-13-2-1-14(8(25)26)12(6(21)22,7(23)24)16(10(29)30)11(2,5(19)20)15(3)9(27)28/h1H,(H,17,18)(H,19,20)(H,21,22)(H,23,24)(H,25,26)(H,27,28)(H,29,30). The van der Waals surface area contributed by atoms with E-state index in [0.29, 0.717) is 0 Å². The lowest BCUT2D eigenvalue weighted by Gasteiger charge is -2.51. The fourth-order valence-corrected chi connectivity index (χ4v) is 3.03. The molecule has 0 bridgehead atoms. The Bertz CT molecular complexity index is 983. The van der Waals surface area contributed by atoms with E-state index in [1.807, 2.05) is 0 Å². The number of carboxylic acids is 4. The molecule has 30 heavy (non-hydrogen) atoms. The van der Waals surface area contributed by atoms with Gasteiger partial charge in [0, 0.05) is 6.20 Å². The molecular weight excluding hydrogens is 424 g/mol. The largest absolute Gasteiger partial charge is 0.478 e. The molecule has 0 radical (unpaired) electrons. The maximum absolute atomic E-state index is 12.1. The average molecular weight is 432 g/mol. The van der Waals surface area contributed by atoms with Crippen molar-refractivity contribution in [3.8, 4) is 0 Å². The lowest BCUT2D eigenvalue weighted by molar-refractivity contribution is -0.195. The van der Waals surface area contributed by atoms with Crippen molar-refractivity contribution in [3.05, 3.63) is 11.9 Å². The second-order valence-corrected chi connectivity index (χ2v) is 5.40. The molecule has 18 heteroatoms. The third kappa shape index (κ3) is 2.23. The maximum Gasteiger partial charge on any atom is 0.416 e. The highest BCUT2D eigenvalue weighted by Crippen LogP contribution is 2.46. The van der Waals surface area contributed by atoms with Crippen LogP contribution in [-0.2, 0) is 19.2 Å². The van der Waals surface area contributed by atoms with Gasteiger partial charge in [0.05, 0.1) is 0 Å². The van der Waals surface area contributed by atoms with E-state index in [4.69, 9.17) is 5.11 Å². The SMILES string of the molecule is O=C(O)C1=NC2=CN(C(=O)O)C(C(=O)O)(C(=O)O)N(C(=O)O)C2(C(=O)O)N1C(=O)O. The number of carbonyl (C=O) groups is 7. The van der Waals surface area contributed by atoms with E-state index in [-0.39, 0.29) is 6.20 Å². The van der Waals surface area contributed by atoms with Crippen LogP contribution in [0.4, 0.5) is 14.4 Å². The zero-order valence-corrected chi connectivity index (χ0v) is 13.9. The zero-order chi connectivity index (χ0) is 23.3. The van der Waals surface area contributed by atoms with E-state index in [1.165, 1.54) is 0 Å². The van der Waals surface area contributed by atoms with Crippen LogP contribution in [0.3, 0.4) is 0 Å². The number of hydrogen-bond donors (Lipinski definition) is 7. The van der Waals surface area contributed by atoms with Crippen LogP contribution in [0.25, 0.3) is 0 Å². The Morgan fingerprint density at radius 3 is 1.53 bits per heavy atom. The van der Waals surface area contributed by atoms with Gasteiger partial charge in [-0.3, -0.25) is 0 Å². The topological polar surface area (TPSA) is 283 Å². The van der Waals surface area contributed by atoms with E-state index >= 15 is 0 Å². The van der Waals surface area contributed by atoms with Crippen molar-refractivity contribution in [1.29, 1.82) is 0 Å². The second-order valence-electron chi connectivity index (χ2n) is 5.40. The summed E-state index contributed by atoms with van der Waals surface area (Å²) in [7, 11) is 0. The van der Waals surface area contributed by atoms with Crippen LogP contribution < -0.4 is 0 Å². The normalized spacial score (nSPS) is 21.8. The van der Waals surface area contributed by atoms with E-state index in [1.54, 1.807) is 0 Å². The number of carboxylic acid groups (broad SMARTS) is 7. The Kier molecular flexibility index (Phi) is 4.51. The minimum atomic E-state index is -4.29. The van der Waals surface area contributed by atoms with E-state index in [9.17, 15) is 64.2 Å². The number of rotatable bonds is 4. The molecule has 2 rings (SSSR count). The zero-order valence-electron chi connectivity index (χ0n) is 13.9. The summed E-state index contributed by atoms with van der Waals surface area (Å²) >= 11 is 0. The van der Waals surface area contributed by atoms with Crippen LogP contribution in [0.15, 0.2) is 16.9 Å². The van der Waals surface area contributed by atoms with E-state index < -0.39 is 79.7 Å². The molecule has 1 atom stereocenters. The molecule has 7 N–H and O–H groups in total. The molecule has 18 nitrogen and oxygen atoms in total. The van der Waals surface area contributed by atoms with Crippen LogP contribution >= 0.6 is 0 Å². The monoisotopic (exact) mass is 432 g/mol. The van der Waals surface area contributed by atoms with Crippen molar-refractivity contribution in [2.45, 2.75) is 11.3 Å². The van der Waals surface area contributed by atoms with Gasteiger partial charge in [0.15, 0.2) is 0 Å². The summed E-state index contributed by atoms with van der Waals surface area (Å²) in [5.41, 5.74) is -9.64. The smallest absolute Gasteiger partial charge is 0.416 e. The third-order valence-corrected chi connectivity index (χ3v) is 4.04. The molecule has 2 heterocycles. The molecule has 0 fully saturated rings. The van der Waals surface area contributed by atoms with Gasteiger partial charge in [-0.05, 0) is 0 Å². The Hall–Kier alpha value is -4.90. The number of amides is 3. The highest BCUT2D eigenvalue weighted by Gasteiger charge is 2.77. The molecule has 2 aliphatic rings. The maximum atomic E-state index is 12.1. The van der Waals surface area contributed by atoms with Crippen LogP contribution in [-0.4, -0.2) is 110 Å². The fraction of sp³-hybridized carbons (Fsp3) is 0.167. The highest BCUT2D eigenvalue weighted by atomic mass is 16.4. The molecule has 0 aliphatic carbocycles. The molecule has 1 unspecified atom stereocenters. The van der Waals surface area contributed by atoms with Crippen LogP contribution in [0.2, 0.25) is 0 Å². The summed E-state index contributed by atoms with van der Waals surface area (Å²) in [5, 5.41) is 65.9. The molecule has 0 saturated carbocycles. The molecule has 0 saturated heterocycles. The van der Waals surface area contributed by atoms with Gasteiger partial charge < -0.3 is 35.7 Å². The van der Waals surface area contributed by atoms with Gasteiger partial charge in [-0.25, -0.2) is 53.3 Å². The molecular formula is C12H8N4O14. The van der Waals surface area contributed by atoms with Gasteiger partial charge in [0.25, 0.3) is 5.66 Å². The summed E-state index contributed by atoms with van der Waals surface area (Å²) in [6, 6.07) is 0. The quantitative estimate of drug-likeness (QED) is 0.235. The first kappa shape index (κ1) is 21.4. The van der Waals surface area contributed by atoms with Crippen LogP contribution in [0.1, 0.15) is 0 Å². The van der Waals surface area contributed by atoms with Crippen LogP contribution in [0.5, 0.6) is 0 Å². The minimum Gasteiger partial charge on any atom is -0.478 e. The van der Waals surface area contributed by atoms with Gasteiger partial charge in [0.1, 0.15) is 5.70 Å². The van der Waals surface area contributed by atoms with Crippen molar-refractivity contribution in [2.24, 2.45) is 4.99 Å². The summed E-state index contributed by atoms with van der Waals surface area (Å²) in [6.07, 6.45) is -7.75. The molecule has 2 aliphatic heterocycles. The summed E-state index contributed by atoms with van der Waals surface area (Å²) in [5.74, 6) is -12.0. The fourth-order valence-electron chi connectivity index (χ4n) is 3.03. The van der Waals surface area contributed by atoms with Gasteiger partial charge in [-0.15, -0.1) is 0 Å². The highest BCUT2D eigenvalue weighted by molar-refractivity contribution is 6.39. The van der Waals surface area contributed by atoms with Gasteiger partial charge >= 0.3 is 47.8 Å². The van der Waals surface area contributed by atoms with Crippen molar-refractivity contribution >= 4 is 48.0 Å². The van der Waals surface area contributed by atoms with Crippen LogP contribution in [0, 0.1) is 0 Å². The average Bonchev–Trinajstić information content (AvgIpc) is 2.95. The Morgan fingerprint density at radius 1 is 0.733 bits per heavy atom. The predicted molar refractivity (Wildman–Crippen MR) is 81.1 cm³/mol.